The summed E-state index contributed by atoms with van der Waals surface area (Å²) in [5.74, 6) is 3.14. The minimum absolute atomic E-state index is 0.535. The molecule has 0 saturated heterocycles. The molecule has 3 nitrogen and oxygen atoms in total. The molecule has 1 fully saturated rings. The first kappa shape index (κ1) is 14.2. The smallest absolute Gasteiger partial charge is 0.126 e. The maximum absolute atomic E-state index is 5.57. The molecular formula is C16H25NO2. The summed E-state index contributed by atoms with van der Waals surface area (Å²) < 4.78 is 11.1. The summed E-state index contributed by atoms with van der Waals surface area (Å²) in [6.07, 6.45) is 5.14. The predicted octanol–water partition coefficient (Wildman–Crippen LogP) is 3.20. The Labute approximate surface area is 116 Å². The quantitative estimate of drug-likeness (QED) is 0.885. The van der Waals surface area contributed by atoms with Gasteiger partial charge in [-0.25, -0.2) is 0 Å². The van der Waals surface area contributed by atoms with E-state index in [1.165, 1.54) is 31.2 Å². The number of nitrogens with one attached hydrogen (secondary N) is 1. The Morgan fingerprint density at radius 2 is 1.74 bits per heavy atom. The zero-order valence-corrected chi connectivity index (χ0v) is 12.2. The summed E-state index contributed by atoms with van der Waals surface area (Å²) >= 11 is 0. The first-order valence-electron chi connectivity index (χ1n) is 7.17. The van der Waals surface area contributed by atoms with Crippen LogP contribution in [-0.2, 0) is 0 Å². The fourth-order valence-corrected chi connectivity index (χ4v) is 3.34. The summed E-state index contributed by atoms with van der Waals surface area (Å²) in [6.45, 7) is 1.06. The van der Waals surface area contributed by atoms with Crippen LogP contribution in [0.2, 0.25) is 0 Å². The van der Waals surface area contributed by atoms with Gasteiger partial charge in [0.15, 0.2) is 0 Å². The van der Waals surface area contributed by atoms with E-state index in [-0.39, 0.29) is 0 Å². The molecular weight excluding hydrogens is 238 g/mol. The number of benzene rings is 1. The normalized spacial score (nSPS) is 23.1. The number of hydrogen-bond acceptors (Lipinski definition) is 3. The van der Waals surface area contributed by atoms with Gasteiger partial charge in [0.1, 0.15) is 11.5 Å². The first-order valence-corrected chi connectivity index (χ1v) is 7.17. The van der Waals surface area contributed by atoms with E-state index in [0.29, 0.717) is 11.8 Å². The molecule has 1 saturated carbocycles. The molecule has 0 bridgehead atoms. The van der Waals surface area contributed by atoms with Crippen LogP contribution < -0.4 is 14.8 Å². The van der Waals surface area contributed by atoms with Crippen molar-refractivity contribution >= 4 is 0 Å². The van der Waals surface area contributed by atoms with Gasteiger partial charge in [0.05, 0.1) is 14.2 Å². The number of ether oxygens (including phenoxy) is 2. The Morgan fingerprint density at radius 3 is 2.32 bits per heavy atom. The molecule has 2 atom stereocenters. The Kier molecular flexibility index (Phi) is 5.08. The fraction of sp³-hybridized carbons (Fsp3) is 0.625. The molecule has 0 aromatic heterocycles. The summed E-state index contributed by atoms with van der Waals surface area (Å²) in [5, 5.41) is 3.33. The van der Waals surface area contributed by atoms with Crippen LogP contribution >= 0.6 is 0 Å². The standard InChI is InChI=1S/C16H25NO2/c1-17-11-12-7-4-5-8-13(12)16-14(18-2)9-6-10-15(16)19-3/h6,9-10,12-13,17H,4-5,7-8,11H2,1-3H3. The monoisotopic (exact) mass is 263 g/mol. The van der Waals surface area contributed by atoms with E-state index in [2.05, 4.69) is 5.32 Å². The molecule has 106 valence electrons. The molecule has 2 rings (SSSR count). The lowest BCUT2D eigenvalue weighted by Crippen LogP contribution is -2.28. The summed E-state index contributed by atoms with van der Waals surface area (Å²) in [4.78, 5) is 0. The molecule has 1 N–H and O–H groups in total. The molecule has 19 heavy (non-hydrogen) atoms. The lowest BCUT2D eigenvalue weighted by molar-refractivity contribution is 0.283. The third-order valence-corrected chi connectivity index (χ3v) is 4.21. The lowest BCUT2D eigenvalue weighted by atomic mass is 9.75. The van der Waals surface area contributed by atoms with Crippen LogP contribution in [0.5, 0.6) is 11.5 Å². The minimum atomic E-state index is 0.535. The van der Waals surface area contributed by atoms with E-state index in [1.54, 1.807) is 14.2 Å². The second-order valence-corrected chi connectivity index (χ2v) is 5.28. The topological polar surface area (TPSA) is 30.5 Å². The molecule has 0 amide bonds. The Bertz CT molecular complexity index is 381. The van der Waals surface area contributed by atoms with Crippen LogP contribution in [0.15, 0.2) is 18.2 Å². The van der Waals surface area contributed by atoms with Crippen molar-refractivity contribution in [3.63, 3.8) is 0 Å². The Balaban J connectivity index is 2.36. The van der Waals surface area contributed by atoms with Crippen LogP contribution in [0, 0.1) is 5.92 Å². The van der Waals surface area contributed by atoms with Crippen molar-refractivity contribution in [2.75, 3.05) is 27.8 Å². The number of methoxy groups -OCH3 is 2. The van der Waals surface area contributed by atoms with Crippen molar-refractivity contribution in [1.29, 1.82) is 0 Å². The van der Waals surface area contributed by atoms with Crippen LogP contribution in [0.3, 0.4) is 0 Å². The van der Waals surface area contributed by atoms with Gasteiger partial charge in [0.2, 0.25) is 0 Å². The molecule has 1 aliphatic carbocycles. The molecule has 1 aliphatic rings. The number of hydrogen-bond donors (Lipinski definition) is 1. The molecule has 2 unspecified atom stereocenters. The van der Waals surface area contributed by atoms with Gasteiger partial charge in [-0.05, 0) is 50.4 Å². The average Bonchev–Trinajstić information content (AvgIpc) is 2.47. The maximum Gasteiger partial charge on any atom is 0.126 e. The van der Waals surface area contributed by atoms with Gasteiger partial charge >= 0.3 is 0 Å². The highest BCUT2D eigenvalue weighted by molar-refractivity contribution is 5.47. The number of rotatable bonds is 5. The van der Waals surface area contributed by atoms with Gasteiger partial charge in [-0.1, -0.05) is 18.9 Å². The van der Waals surface area contributed by atoms with Gasteiger partial charge in [-0.15, -0.1) is 0 Å². The van der Waals surface area contributed by atoms with E-state index < -0.39 is 0 Å². The largest absolute Gasteiger partial charge is 0.496 e. The minimum Gasteiger partial charge on any atom is -0.496 e. The highest BCUT2D eigenvalue weighted by Gasteiger charge is 2.30. The molecule has 0 heterocycles. The molecule has 0 spiro atoms. The highest BCUT2D eigenvalue weighted by Crippen LogP contribution is 2.45. The van der Waals surface area contributed by atoms with Crippen molar-refractivity contribution in [3.8, 4) is 11.5 Å². The average molecular weight is 263 g/mol. The highest BCUT2D eigenvalue weighted by atomic mass is 16.5. The maximum atomic E-state index is 5.57. The molecule has 0 aliphatic heterocycles. The molecule has 3 heteroatoms. The van der Waals surface area contributed by atoms with E-state index in [4.69, 9.17) is 9.47 Å². The van der Waals surface area contributed by atoms with E-state index >= 15 is 0 Å². The Morgan fingerprint density at radius 1 is 1.11 bits per heavy atom. The van der Waals surface area contributed by atoms with Gasteiger partial charge in [0.25, 0.3) is 0 Å². The first-order chi connectivity index (χ1) is 9.31. The van der Waals surface area contributed by atoms with Gasteiger partial charge in [0, 0.05) is 5.56 Å². The third-order valence-electron chi connectivity index (χ3n) is 4.21. The SMILES string of the molecule is CNCC1CCCCC1c1c(OC)cccc1OC. The van der Waals surface area contributed by atoms with Crippen molar-refractivity contribution in [2.45, 2.75) is 31.6 Å². The zero-order valence-electron chi connectivity index (χ0n) is 12.2. The lowest BCUT2D eigenvalue weighted by Gasteiger charge is -2.33. The van der Waals surface area contributed by atoms with E-state index in [9.17, 15) is 0 Å². The summed E-state index contributed by atoms with van der Waals surface area (Å²) in [5.41, 5.74) is 1.26. The van der Waals surface area contributed by atoms with Crippen molar-refractivity contribution in [2.24, 2.45) is 5.92 Å². The van der Waals surface area contributed by atoms with E-state index in [0.717, 1.165) is 18.0 Å². The van der Waals surface area contributed by atoms with Crippen molar-refractivity contribution in [3.05, 3.63) is 23.8 Å². The van der Waals surface area contributed by atoms with Crippen LogP contribution in [0.4, 0.5) is 0 Å². The zero-order chi connectivity index (χ0) is 13.7. The summed E-state index contributed by atoms with van der Waals surface area (Å²) in [7, 11) is 5.52. The van der Waals surface area contributed by atoms with Gasteiger partial charge < -0.3 is 14.8 Å². The van der Waals surface area contributed by atoms with Crippen LogP contribution in [0.1, 0.15) is 37.2 Å². The van der Waals surface area contributed by atoms with Crippen LogP contribution in [-0.4, -0.2) is 27.8 Å². The molecule has 1 aromatic rings. The third kappa shape index (κ3) is 3.03. The van der Waals surface area contributed by atoms with Gasteiger partial charge in [-0.3, -0.25) is 0 Å². The Hall–Kier alpha value is -1.22. The second kappa shape index (κ2) is 6.80. The summed E-state index contributed by atoms with van der Waals surface area (Å²) in [6, 6.07) is 6.09. The van der Waals surface area contributed by atoms with E-state index in [1.807, 2.05) is 25.2 Å². The molecule has 0 radical (unpaired) electrons. The van der Waals surface area contributed by atoms with Crippen molar-refractivity contribution in [1.82, 2.24) is 5.32 Å². The fourth-order valence-electron chi connectivity index (χ4n) is 3.34. The second-order valence-electron chi connectivity index (χ2n) is 5.28. The molecule has 1 aromatic carbocycles. The van der Waals surface area contributed by atoms with Crippen molar-refractivity contribution < 1.29 is 9.47 Å². The van der Waals surface area contributed by atoms with Gasteiger partial charge in [-0.2, -0.15) is 0 Å². The predicted molar refractivity (Wildman–Crippen MR) is 78.2 cm³/mol. The van der Waals surface area contributed by atoms with Crippen LogP contribution in [0.25, 0.3) is 0 Å².